The highest BCUT2D eigenvalue weighted by Gasteiger charge is 2.45. The van der Waals surface area contributed by atoms with E-state index in [1.165, 1.54) is 11.1 Å². The normalized spacial score (nSPS) is 32.8. The van der Waals surface area contributed by atoms with E-state index in [9.17, 15) is 39.6 Å². The number of hydrogen-bond acceptors (Lipinski definition) is 11. The van der Waals surface area contributed by atoms with Crippen LogP contribution in [0.5, 0.6) is 0 Å². The largest absolute Gasteiger partial charge is 0.550 e. The number of aliphatic hydroxyl groups excluding tert-OH is 3. The van der Waals surface area contributed by atoms with Crippen molar-refractivity contribution >= 4 is 23.9 Å². The van der Waals surface area contributed by atoms with Crippen LogP contribution in [0.4, 0.5) is 0 Å². The fraction of sp³-hybridized carbons (Fsp3) is 0.760. The van der Waals surface area contributed by atoms with Crippen LogP contribution >= 0.6 is 0 Å². The van der Waals surface area contributed by atoms with E-state index in [2.05, 4.69) is 64.2 Å². The number of aliphatic hydroxyl groups is 3. The lowest BCUT2D eigenvalue weighted by atomic mass is 9.65. The van der Waals surface area contributed by atoms with Gasteiger partial charge in [-0.25, -0.2) is 0 Å². The molecule has 62 heavy (non-hydrogen) atoms. The minimum absolute atomic E-state index is 0. The van der Waals surface area contributed by atoms with Crippen molar-refractivity contribution in [2.45, 2.75) is 183 Å². The molecule has 1 heterocycles. The topological polar surface area (TPSA) is 216 Å². The molecule has 7 N–H and O–H groups in total. The summed E-state index contributed by atoms with van der Waals surface area (Å²) in [5.74, 6) is 0.135. The minimum Gasteiger partial charge on any atom is -0.550 e. The van der Waals surface area contributed by atoms with Gasteiger partial charge in [0.25, 0.3) is 0 Å². The van der Waals surface area contributed by atoms with Gasteiger partial charge in [0, 0.05) is 30.6 Å². The summed E-state index contributed by atoms with van der Waals surface area (Å²) in [5, 5.41) is 40.7. The average molecular weight is 872 g/mol. The number of fused-ring (bicyclic) bond motifs is 2. The maximum absolute atomic E-state index is 12.9. The van der Waals surface area contributed by atoms with Gasteiger partial charge in [0.05, 0.1) is 35.6 Å². The molecular formula is C50H81NO11. The van der Waals surface area contributed by atoms with Crippen LogP contribution < -0.4 is 11.3 Å². The number of esters is 3. The molecule has 0 saturated carbocycles. The third-order valence-corrected chi connectivity index (χ3v) is 14.4. The summed E-state index contributed by atoms with van der Waals surface area (Å²) in [6, 6.07) is 0. The van der Waals surface area contributed by atoms with Crippen molar-refractivity contribution in [3.05, 3.63) is 47.6 Å². The lowest BCUT2D eigenvalue weighted by Crippen LogP contribution is -2.43. The number of cyclic esters (lactones) is 1. The third-order valence-electron chi connectivity index (χ3n) is 14.4. The monoisotopic (exact) mass is 872 g/mol. The van der Waals surface area contributed by atoms with Crippen molar-refractivity contribution < 1.29 is 53.8 Å². The van der Waals surface area contributed by atoms with E-state index in [1.54, 1.807) is 0 Å². The molecule has 0 aromatic carbocycles. The number of carboxylic acid groups (broad SMARTS) is 1. The first kappa shape index (κ1) is 53.0. The molecule has 352 valence electrons. The second-order valence-corrected chi connectivity index (χ2v) is 20.4. The number of ether oxygens (including phenoxy) is 3. The maximum Gasteiger partial charge on any atom is 0.311 e. The second kappa shape index (κ2) is 23.0. The van der Waals surface area contributed by atoms with Crippen molar-refractivity contribution in [2.75, 3.05) is 0 Å². The van der Waals surface area contributed by atoms with Gasteiger partial charge >= 0.3 is 17.9 Å². The van der Waals surface area contributed by atoms with Gasteiger partial charge in [-0.2, -0.15) is 0 Å². The molecule has 12 nitrogen and oxygen atoms in total. The third kappa shape index (κ3) is 14.3. The summed E-state index contributed by atoms with van der Waals surface area (Å²) >= 11 is 0. The Morgan fingerprint density at radius 3 is 1.68 bits per heavy atom. The van der Waals surface area contributed by atoms with E-state index in [4.69, 9.17) is 14.2 Å². The maximum atomic E-state index is 12.9. The molecule has 1 aliphatic heterocycles. The molecule has 0 bridgehead atoms. The first-order valence-corrected chi connectivity index (χ1v) is 23.2. The Bertz CT molecular complexity index is 1650. The van der Waals surface area contributed by atoms with Crippen LogP contribution in [0.25, 0.3) is 0 Å². The van der Waals surface area contributed by atoms with Crippen LogP contribution in [0.1, 0.15) is 146 Å². The molecule has 0 unspecified atom stereocenters. The van der Waals surface area contributed by atoms with Crippen LogP contribution in [0.15, 0.2) is 47.6 Å². The predicted molar refractivity (Wildman–Crippen MR) is 238 cm³/mol. The average Bonchev–Trinajstić information content (AvgIpc) is 3.16. The number of carboxylic acids is 1. The Labute approximate surface area is 371 Å². The molecular weight excluding hydrogens is 791 g/mol. The Hall–Kier alpha value is -3.32. The van der Waals surface area contributed by atoms with E-state index in [1.807, 2.05) is 41.5 Å². The second-order valence-electron chi connectivity index (χ2n) is 20.4. The molecule has 0 aromatic heterocycles. The minimum atomic E-state index is -1.32. The first-order chi connectivity index (χ1) is 28.5. The van der Waals surface area contributed by atoms with Gasteiger partial charge < -0.3 is 45.6 Å². The molecule has 5 aliphatic rings. The molecule has 0 spiro atoms. The van der Waals surface area contributed by atoms with E-state index in [0.717, 1.165) is 32.1 Å². The highest BCUT2D eigenvalue weighted by atomic mass is 16.6. The summed E-state index contributed by atoms with van der Waals surface area (Å²) in [5.41, 5.74) is 1.45. The smallest absolute Gasteiger partial charge is 0.311 e. The lowest BCUT2D eigenvalue weighted by molar-refractivity contribution is -0.307. The highest BCUT2D eigenvalue weighted by Crippen LogP contribution is 2.47. The van der Waals surface area contributed by atoms with Gasteiger partial charge in [-0.3, -0.25) is 14.4 Å². The van der Waals surface area contributed by atoms with Crippen molar-refractivity contribution in [1.29, 1.82) is 0 Å². The van der Waals surface area contributed by atoms with Gasteiger partial charge in [0.15, 0.2) is 0 Å². The van der Waals surface area contributed by atoms with E-state index in [-0.39, 0.29) is 78.9 Å². The zero-order valence-electron chi connectivity index (χ0n) is 39.6. The Kier molecular flexibility index (Phi) is 19.7. The number of carbonyl (C=O) groups is 4. The molecule has 14 atom stereocenters. The fourth-order valence-corrected chi connectivity index (χ4v) is 9.83. The predicted octanol–water partition coefficient (Wildman–Crippen LogP) is 7.73. The van der Waals surface area contributed by atoms with Gasteiger partial charge in [-0.1, -0.05) is 78.0 Å². The van der Waals surface area contributed by atoms with Gasteiger partial charge in [0.1, 0.15) is 18.3 Å². The lowest BCUT2D eigenvalue weighted by Gasteiger charge is -2.44. The molecule has 1 fully saturated rings. The van der Waals surface area contributed by atoms with Gasteiger partial charge in [-0.05, 0) is 132 Å². The Balaban J connectivity index is 0.000000325. The number of rotatable bonds is 16. The summed E-state index contributed by atoms with van der Waals surface area (Å²) in [6.07, 6.45) is 16.3. The standard InChI is InChI=1S/C25H40O6.C25H38O5.H3N/c1-6-25(4,5)24(30)31-21-12-15(2)11-17-8-7-16(3)20(23(17)21)10-9-18(26)13-19(27)14-22(28)29;1-6-25(4,5)24(28)30-21-12-15(2)11-17-8-7-16(3)20(23(17)21)10-9-19-13-18(26)14-22(27)29-19;/h7-8,11,15-16,18-21,23,26-27H,6,9-10,12-14H2,1-5H3,(H,28,29);7-8,11,15-16,18-21,23,26H,6,9-10,12-14H2,1-5H3;1H3/t2*15-,16-,18+,19+,20-,21-,23-;/m00./s1. The van der Waals surface area contributed by atoms with E-state index < -0.39 is 41.5 Å². The van der Waals surface area contributed by atoms with Crippen molar-refractivity contribution in [3.8, 4) is 0 Å². The van der Waals surface area contributed by atoms with Crippen LogP contribution in [-0.4, -0.2) is 75.8 Å². The van der Waals surface area contributed by atoms with E-state index in [0.29, 0.717) is 49.4 Å². The molecule has 0 radical (unpaired) electrons. The molecule has 0 amide bonds. The Morgan fingerprint density at radius 1 is 0.774 bits per heavy atom. The van der Waals surface area contributed by atoms with Crippen LogP contribution in [-0.2, 0) is 33.4 Å². The zero-order valence-corrected chi connectivity index (χ0v) is 39.6. The number of aliphatic carboxylic acids is 1. The number of hydrogen-bond donors (Lipinski definition) is 4. The number of quaternary nitrogens is 1. The van der Waals surface area contributed by atoms with Crippen molar-refractivity contribution in [3.63, 3.8) is 0 Å². The van der Waals surface area contributed by atoms with Gasteiger partial charge in [0.2, 0.25) is 0 Å². The van der Waals surface area contributed by atoms with Crippen molar-refractivity contribution in [2.24, 2.45) is 58.2 Å². The molecule has 4 aliphatic carbocycles. The van der Waals surface area contributed by atoms with Crippen LogP contribution in [0.2, 0.25) is 0 Å². The Morgan fingerprint density at radius 2 is 1.24 bits per heavy atom. The first-order valence-electron chi connectivity index (χ1n) is 23.2. The highest BCUT2D eigenvalue weighted by molar-refractivity contribution is 5.76. The molecule has 1 saturated heterocycles. The van der Waals surface area contributed by atoms with Crippen LogP contribution in [0.3, 0.4) is 0 Å². The van der Waals surface area contributed by atoms with Crippen molar-refractivity contribution in [1.82, 2.24) is 6.15 Å². The number of allylic oxidation sites excluding steroid dienone is 6. The zero-order chi connectivity index (χ0) is 45.4. The molecule has 5 rings (SSSR count). The van der Waals surface area contributed by atoms with E-state index >= 15 is 0 Å². The summed E-state index contributed by atoms with van der Waals surface area (Å²) < 4.78 is 17.7. The van der Waals surface area contributed by atoms with Gasteiger partial charge in [-0.15, -0.1) is 0 Å². The molecule has 12 heteroatoms. The molecule has 0 aromatic rings. The number of carbonyl (C=O) groups excluding carboxylic acids is 4. The SMILES string of the molecule is CCC(C)(C)C(=O)O[C@H]1C[C@@H](C)C=C2C=C[C@H](C)[C@H](CC[C@@H](O)C[C@@H](O)CC(=O)[O-])[C@H]21.CCC(C)(C)C(=O)O[C@H]1C[C@@H](C)C=C2C=C[C@H](C)[C@H](CC[C@@H]3C[C@@H](O)CC(=O)O3)[C@H]21.[NH4+]. The van der Waals surface area contributed by atoms with Crippen LogP contribution in [0, 0.1) is 58.2 Å². The quantitative estimate of drug-likeness (QED) is 0.0869. The summed E-state index contributed by atoms with van der Waals surface area (Å²) in [4.78, 5) is 48.0. The summed E-state index contributed by atoms with van der Waals surface area (Å²) in [6.45, 7) is 20.4. The summed E-state index contributed by atoms with van der Waals surface area (Å²) in [7, 11) is 0. The fourth-order valence-electron chi connectivity index (χ4n) is 9.83.